The highest BCUT2D eigenvalue weighted by Crippen LogP contribution is 2.42. The van der Waals surface area contributed by atoms with E-state index in [2.05, 4.69) is 5.16 Å². The van der Waals surface area contributed by atoms with Crippen LogP contribution >= 0.6 is 0 Å². The van der Waals surface area contributed by atoms with E-state index in [9.17, 15) is 4.79 Å². The maximum absolute atomic E-state index is 11.0. The van der Waals surface area contributed by atoms with E-state index in [0.29, 0.717) is 11.8 Å². The second-order valence-electron chi connectivity index (χ2n) is 4.07. The molecule has 0 unspecified atom stereocenters. The summed E-state index contributed by atoms with van der Waals surface area (Å²) in [4.78, 5) is 11.0. The van der Waals surface area contributed by atoms with Gasteiger partial charge in [-0.3, -0.25) is 4.79 Å². The number of hydrogen-bond donors (Lipinski definition) is 2. The number of nitrogens with zero attached hydrogens (tertiary/aromatic N) is 1. The summed E-state index contributed by atoms with van der Waals surface area (Å²) in [6.45, 7) is 0. The van der Waals surface area contributed by atoms with Gasteiger partial charge in [0.05, 0.1) is 5.71 Å². The summed E-state index contributed by atoms with van der Waals surface area (Å²) in [6, 6.07) is 0. The van der Waals surface area contributed by atoms with E-state index in [1.165, 1.54) is 0 Å². The van der Waals surface area contributed by atoms with Crippen LogP contribution < -0.4 is 5.73 Å². The van der Waals surface area contributed by atoms with Gasteiger partial charge in [-0.1, -0.05) is 5.16 Å². The highest BCUT2D eigenvalue weighted by Gasteiger charge is 2.41. The molecule has 0 aromatic carbocycles. The summed E-state index contributed by atoms with van der Waals surface area (Å²) in [5.74, 6) is 0.416. The topological polar surface area (TPSA) is 75.7 Å². The molecule has 2 bridgehead atoms. The molecule has 1 amide bonds. The lowest BCUT2D eigenvalue weighted by Gasteiger charge is -2.26. The molecule has 4 heteroatoms. The Labute approximate surface area is 76.8 Å². The highest BCUT2D eigenvalue weighted by atomic mass is 16.4. The van der Waals surface area contributed by atoms with E-state index in [0.717, 1.165) is 31.4 Å². The second-order valence-corrected chi connectivity index (χ2v) is 4.07. The number of amides is 1. The largest absolute Gasteiger partial charge is 0.411 e. The first-order valence-corrected chi connectivity index (χ1v) is 4.73. The number of fused-ring (bicyclic) bond motifs is 2. The van der Waals surface area contributed by atoms with Crippen molar-refractivity contribution < 1.29 is 10.0 Å². The van der Waals surface area contributed by atoms with Gasteiger partial charge in [-0.05, 0) is 25.7 Å². The lowest BCUT2D eigenvalue weighted by atomic mass is 9.79. The van der Waals surface area contributed by atoms with Crippen LogP contribution in [0.5, 0.6) is 0 Å². The molecule has 0 aromatic rings. The maximum Gasteiger partial charge on any atom is 0.220 e. The third-order valence-electron chi connectivity index (χ3n) is 3.36. The molecule has 0 heterocycles. The van der Waals surface area contributed by atoms with Gasteiger partial charge in [0.25, 0.3) is 0 Å². The second kappa shape index (κ2) is 3.01. The van der Waals surface area contributed by atoms with E-state index in [1.54, 1.807) is 0 Å². The van der Waals surface area contributed by atoms with Crippen molar-refractivity contribution in [2.24, 2.45) is 28.6 Å². The fourth-order valence-corrected chi connectivity index (χ4v) is 2.69. The summed E-state index contributed by atoms with van der Waals surface area (Å²) in [5.41, 5.74) is 6.17. The first-order valence-electron chi connectivity index (χ1n) is 4.73. The third-order valence-corrected chi connectivity index (χ3v) is 3.36. The molecule has 72 valence electrons. The van der Waals surface area contributed by atoms with E-state index in [4.69, 9.17) is 10.9 Å². The van der Waals surface area contributed by atoms with Crippen molar-refractivity contribution in [2.45, 2.75) is 25.7 Å². The molecule has 0 aliphatic heterocycles. The number of oxime groups is 1. The van der Waals surface area contributed by atoms with Gasteiger partial charge in [0, 0.05) is 17.8 Å². The summed E-state index contributed by atoms with van der Waals surface area (Å²) < 4.78 is 0. The first kappa shape index (κ1) is 8.53. The van der Waals surface area contributed by atoms with Crippen molar-refractivity contribution in [2.75, 3.05) is 0 Å². The van der Waals surface area contributed by atoms with Crippen molar-refractivity contribution >= 4 is 11.6 Å². The molecule has 0 spiro atoms. The molecule has 0 radical (unpaired) electrons. The zero-order valence-electron chi connectivity index (χ0n) is 7.44. The average Bonchev–Trinajstić information content (AvgIpc) is 2.34. The Bertz CT molecular complexity index is 246. The van der Waals surface area contributed by atoms with Gasteiger partial charge >= 0.3 is 0 Å². The Morgan fingerprint density at radius 1 is 1.38 bits per heavy atom. The van der Waals surface area contributed by atoms with Gasteiger partial charge in [0.2, 0.25) is 5.91 Å². The molecule has 2 fully saturated rings. The standard InChI is InChI=1S/C9H14N2O2/c10-9(12)7-3-5-1-2-6(4-7)8(5)11-13/h5-7,13H,1-4H2,(H2,10,12)/t5-,6-,7?/m0/s1. The average molecular weight is 182 g/mol. The fourth-order valence-electron chi connectivity index (χ4n) is 2.69. The molecule has 0 aromatic heterocycles. The van der Waals surface area contributed by atoms with Gasteiger partial charge < -0.3 is 10.9 Å². The van der Waals surface area contributed by atoms with Gasteiger partial charge in [-0.15, -0.1) is 0 Å². The first-order chi connectivity index (χ1) is 6.22. The minimum atomic E-state index is -0.200. The number of hydrogen-bond acceptors (Lipinski definition) is 3. The Morgan fingerprint density at radius 3 is 2.31 bits per heavy atom. The summed E-state index contributed by atoms with van der Waals surface area (Å²) >= 11 is 0. The predicted octanol–water partition coefficient (Wildman–Crippen LogP) is 0.738. The van der Waals surface area contributed by atoms with Crippen LogP contribution in [0.4, 0.5) is 0 Å². The smallest absolute Gasteiger partial charge is 0.220 e. The molecule has 2 rings (SSSR count). The van der Waals surface area contributed by atoms with Gasteiger partial charge in [-0.2, -0.15) is 0 Å². The van der Waals surface area contributed by atoms with Gasteiger partial charge in [-0.25, -0.2) is 0 Å². The van der Waals surface area contributed by atoms with Crippen molar-refractivity contribution in [3.05, 3.63) is 0 Å². The molecule has 2 aliphatic carbocycles. The number of carbonyl (C=O) groups is 1. The molecule has 3 N–H and O–H groups in total. The Morgan fingerprint density at radius 2 is 1.92 bits per heavy atom. The maximum atomic E-state index is 11.0. The molecule has 13 heavy (non-hydrogen) atoms. The minimum absolute atomic E-state index is 0.00278. The lowest BCUT2D eigenvalue weighted by molar-refractivity contribution is -0.122. The quantitative estimate of drug-likeness (QED) is 0.463. The zero-order chi connectivity index (χ0) is 9.42. The fraction of sp³-hybridized carbons (Fsp3) is 0.778. The zero-order valence-corrected chi connectivity index (χ0v) is 7.44. The molecule has 2 aliphatic rings. The SMILES string of the molecule is NC(=O)C1C[C@@H]2CC[C@@H](C1)C2=NO. The van der Waals surface area contributed by atoms with Crippen molar-refractivity contribution in [3.63, 3.8) is 0 Å². The molecular weight excluding hydrogens is 168 g/mol. The highest BCUT2D eigenvalue weighted by molar-refractivity contribution is 5.92. The number of carbonyl (C=O) groups excluding carboxylic acids is 1. The Balaban J connectivity index is 2.15. The molecular formula is C9H14N2O2. The van der Waals surface area contributed by atoms with Crippen LogP contribution in [0.15, 0.2) is 5.16 Å². The lowest BCUT2D eigenvalue weighted by Crippen LogP contribution is -2.34. The number of primary amides is 1. The van der Waals surface area contributed by atoms with Crippen LogP contribution in [0.2, 0.25) is 0 Å². The molecule has 0 saturated heterocycles. The molecule has 2 atom stereocenters. The molecule has 4 nitrogen and oxygen atoms in total. The summed E-state index contributed by atoms with van der Waals surface area (Å²) in [5, 5.41) is 12.1. The van der Waals surface area contributed by atoms with E-state index >= 15 is 0 Å². The van der Waals surface area contributed by atoms with E-state index < -0.39 is 0 Å². The van der Waals surface area contributed by atoms with Crippen molar-refractivity contribution in [1.82, 2.24) is 0 Å². The van der Waals surface area contributed by atoms with Gasteiger partial charge in [0.1, 0.15) is 0 Å². The third kappa shape index (κ3) is 1.30. The van der Waals surface area contributed by atoms with Crippen molar-refractivity contribution in [3.8, 4) is 0 Å². The Hall–Kier alpha value is -1.06. The normalized spacial score (nSPS) is 37.5. The minimum Gasteiger partial charge on any atom is -0.411 e. The molecule has 2 saturated carbocycles. The van der Waals surface area contributed by atoms with Crippen molar-refractivity contribution in [1.29, 1.82) is 0 Å². The van der Waals surface area contributed by atoms with Crippen LogP contribution in [0.25, 0.3) is 0 Å². The van der Waals surface area contributed by atoms with Crippen LogP contribution in [0.1, 0.15) is 25.7 Å². The van der Waals surface area contributed by atoms with Crippen LogP contribution in [0, 0.1) is 17.8 Å². The van der Waals surface area contributed by atoms with Crippen LogP contribution in [-0.2, 0) is 4.79 Å². The number of nitrogens with two attached hydrogens (primary N) is 1. The number of rotatable bonds is 1. The predicted molar refractivity (Wildman–Crippen MR) is 47.4 cm³/mol. The van der Waals surface area contributed by atoms with Gasteiger partial charge in [0.15, 0.2) is 0 Å². The monoisotopic (exact) mass is 182 g/mol. The summed E-state index contributed by atoms with van der Waals surface area (Å²) in [6.07, 6.45) is 3.66. The summed E-state index contributed by atoms with van der Waals surface area (Å²) in [7, 11) is 0. The Kier molecular flexibility index (Phi) is 1.98. The van der Waals surface area contributed by atoms with E-state index in [-0.39, 0.29) is 11.8 Å². The van der Waals surface area contributed by atoms with E-state index in [1.807, 2.05) is 0 Å². The van der Waals surface area contributed by atoms with Crippen LogP contribution in [-0.4, -0.2) is 16.8 Å². The van der Waals surface area contributed by atoms with Crippen LogP contribution in [0.3, 0.4) is 0 Å².